The van der Waals surface area contributed by atoms with Crippen molar-refractivity contribution in [2.75, 3.05) is 20.1 Å². The van der Waals surface area contributed by atoms with Crippen molar-refractivity contribution in [1.29, 1.82) is 0 Å². The minimum atomic E-state index is -0.874. The summed E-state index contributed by atoms with van der Waals surface area (Å²) in [5.74, 6) is -0.279. The third-order valence-corrected chi connectivity index (χ3v) is 3.14. The van der Waals surface area contributed by atoms with Gasteiger partial charge in [-0.05, 0) is 43.7 Å². The van der Waals surface area contributed by atoms with Crippen LogP contribution in [0, 0.1) is 12.7 Å². The van der Waals surface area contributed by atoms with Crippen LogP contribution in [-0.4, -0.2) is 30.1 Å². The van der Waals surface area contributed by atoms with Crippen molar-refractivity contribution in [3.05, 3.63) is 35.1 Å². The topological polar surface area (TPSA) is 23.5 Å². The second-order valence-electron chi connectivity index (χ2n) is 4.48. The van der Waals surface area contributed by atoms with Crippen molar-refractivity contribution in [1.82, 2.24) is 4.90 Å². The number of hydrogen-bond donors (Lipinski definition) is 1. The van der Waals surface area contributed by atoms with Crippen molar-refractivity contribution < 1.29 is 9.50 Å². The molecular weight excluding hydrogens is 193 g/mol. The van der Waals surface area contributed by atoms with Gasteiger partial charge in [0.05, 0.1) is 0 Å². The molecule has 1 aliphatic rings. The number of rotatable bonds is 1. The summed E-state index contributed by atoms with van der Waals surface area (Å²) in [5, 5.41) is 10.4. The zero-order valence-corrected chi connectivity index (χ0v) is 9.13. The molecule has 2 rings (SSSR count). The number of aryl methyl sites for hydroxylation is 1. The summed E-state index contributed by atoms with van der Waals surface area (Å²) in [6, 6.07) is 4.61. The van der Waals surface area contributed by atoms with E-state index in [9.17, 15) is 9.50 Å². The van der Waals surface area contributed by atoms with Gasteiger partial charge in [-0.1, -0.05) is 6.07 Å². The highest BCUT2D eigenvalue weighted by Crippen LogP contribution is 2.33. The van der Waals surface area contributed by atoms with E-state index in [-0.39, 0.29) is 5.82 Å². The zero-order chi connectivity index (χ0) is 11.1. The van der Waals surface area contributed by atoms with Crippen molar-refractivity contribution >= 4 is 0 Å². The summed E-state index contributed by atoms with van der Waals surface area (Å²) in [7, 11) is 1.96. The summed E-state index contributed by atoms with van der Waals surface area (Å²) in [5.41, 5.74) is 0.807. The van der Waals surface area contributed by atoms with Crippen LogP contribution in [0.25, 0.3) is 0 Å². The maximum atomic E-state index is 13.1. The van der Waals surface area contributed by atoms with Gasteiger partial charge >= 0.3 is 0 Å². The lowest BCUT2D eigenvalue weighted by atomic mass is 9.89. The van der Waals surface area contributed by atoms with Gasteiger partial charge in [0.2, 0.25) is 0 Å². The normalized spacial score (nSPS) is 27.2. The second kappa shape index (κ2) is 3.58. The standard InChI is InChI=1S/C12H16FNO/c1-9-3-4-10(13)7-11(9)12(15)5-6-14(2)8-12/h3-4,7,15H,5-6,8H2,1-2H3. The number of aliphatic hydroxyl groups is 1. The lowest BCUT2D eigenvalue weighted by Crippen LogP contribution is -2.30. The minimum Gasteiger partial charge on any atom is -0.384 e. The maximum absolute atomic E-state index is 13.1. The van der Waals surface area contributed by atoms with Crippen LogP contribution in [0.5, 0.6) is 0 Å². The van der Waals surface area contributed by atoms with E-state index in [1.807, 2.05) is 14.0 Å². The van der Waals surface area contributed by atoms with E-state index in [0.29, 0.717) is 13.0 Å². The van der Waals surface area contributed by atoms with Gasteiger partial charge in [-0.15, -0.1) is 0 Å². The van der Waals surface area contributed by atoms with Crippen LogP contribution in [0.1, 0.15) is 17.5 Å². The average Bonchev–Trinajstić information content (AvgIpc) is 2.52. The molecule has 0 saturated carbocycles. The summed E-state index contributed by atoms with van der Waals surface area (Å²) >= 11 is 0. The van der Waals surface area contributed by atoms with E-state index >= 15 is 0 Å². The Hall–Kier alpha value is -0.930. The van der Waals surface area contributed by atoms with Gasteiger partial charge in [0.15, 0.2) is 0 Å². The van der Waals surface area contributed by atoms with E-state index in [0.717, 1.165) is 17.7 Å². The third kappa shape index (κ3) is 1.90. The molecule has 1 aliphatic heterocycles. The van der Waals surface area contributed by atoms with Gasteiger partial charge in [0.25, 0.3) is 0 Å². The molecule has 1 heterocycles. The highest BCUT2D eigenvalue weighted by Gasteiger charge is 2.37. The highest BCUT2D eigenvalue weighted by molar-refractivity contribution is 5.33. The first-order valence-electron chi connectivity index (χ1n) is 5.19. The summed E-state index contributed by atoms with van der Waals surface area (Å²) in [4.78, 5) is 2.06. The fourth-order valence-corrected chi connectivity index (χ4v) is 2.30. The summed E-state index contributed by atoms with van der Waals surface area (Å²) < 4.78 is 13.1. The molecule has 3 heteroatoms. The van der Waals surface area contributed by atoms with Gasteiger partial charge in [0.1, 0.15) is 11.4 Å². The van der Waals surface area contributed by atoms with E-state index in [4.69, 9.17) is 0 Å². The van der Waals surface area contributed by atoms with Gasteiger partial charge in [-0.25, -0.2) is 4.39 Å². The van der Waals surface area contributed by atoms with E-state index in [1.54, 1.807) is 6.07 Å². The van der Waals surface area contributed by atoms with Crippen LogP contribution >= 0.6 is 0 Å². The van der Waals surface area contributed by atoms with Crippen LogP contribution < -0.4 is 0 Å². The Balaban J connectivity index is 2.40. The molecule has 0 aromatic heterocycles. The fraction of sp³-hybridized carbons (Fsp3) is 0.500. The van der Waals surface area contributed by atoms with Crippen molar-refractivity contribution in [3.8, 4) is 0 Å². The Kier molecular flexibility index (Phi) is 2.52. The first-order chi connectivity index (χ1) is 7.01. The molecule has 0 radical (unpaired) electrons. The fourth-order valence-electron chi connectivity index (χ4n) is 2.30. The molecule has 1 N–H and O–H groups in total. The predicted octanol–water partition coefficient (Wildman–Crippen LogP) is 1.66. The van der Waals surface area contributed by atoms with Crippen LogP contribution in [0.2, 0.25) is 0 Å². The number of likely N-dealkylation sites (N-methyl/N-ethyl adjacent to an activating group) is 1. The SMILES string of the molecule is Cc1ccc(F)cc1C1(O)CCN(C)C1. The Labute approximate surface area is 89.3 Å². The van der Waals surface area contributed by atoms with E-state index in [2.05, 4.69) is 4.90 Å². The Morgan fingerprint density at radius 3 is 2.80 bits per heavy atom. The Morgan fingerprint density at radius 2 is 2.20 bits per heavy atom. The molecule has 0 amide bonds. The smallest absolute Gasteiger partial charge is 0.123 e. The molecule has 1 fully saturated rings. The molecule has 15 heavy (non-hydrogen) atoms. The zero-order valence-electron chi connectivity index (χ0n) is 9.13. The van der Waals surface area contributed by atoms with Gasteiger partial charge in [0, 0.05) is 13.1 Å². The predicted molar refractivity (Wildman–Crippen MR) is 57.1 cm³/mol. The number of benzene rings is 1. The molecule has 1 saturated heterocycles. The number of likely N-dealkylation sites (tertiary alicyclic amines) is 1. The van der Waals surface area contributed by atoms with Crippen LogP contribution in [0.15, 0.2) is 18.2 Å². The molecule has 0 spiro atoms. The highest BCUT2D eigenvalue weighted by atomic mass is 19.1. The molecule has 1 aromatic rings. The third-order valence-electron chi connectivity index (χ3n) is 3.14. The number of β-amino-alcohol motifs (C(OH)–C–C–N with tert-alkyl or cyclic N) is 1. The summed E-state index contributed by atoms with van der Waals surface area (Å²) in [6.45, 7) is 3.34. The Bertz CT molecular complexity index is 380. The molecule has 2 nitrogen and oxygen atoms in total. The van der Waals surface area contributed by atoms with Crippen LogP contribution in [0.3, 0.4) is 0 Å². The van der Waals surface area contributed by atoms with Gasteiger partial charge in [-0.2, -0.15) is 0 Å². The molecule has 82 valence electrons. The first kappa shape index (κ1) is 10.6. The van der Waals surface area contributed by atoms with Crippen molar-refractivity contribution in [3.63, 3.8) is 0 Å². The quantitative estimate of drug-likeness (QED) is 0.760. The van der Waals surface area contributed by atoms with E-state index < -0.39 is 5.60 Å². The maximum Gasteiger partial charge on any atom is 0.123 e. The second-order valence-corrected chi connectivity index (χ2v) is 4.48. The van der Waals surface area contributed by atoms with E-state index in [1.165, 1.54) is 12.1 Å². The lowest BCUT2D eigenvalue weighted by molar-refractivity contribution is 0.0479. The molecule has 0 aliphatic carbocycles. The minimum absolute atomic E-state index is 0.279. The molecule has 1 atom stereocenters. The van der Waals surface area contributed by atoms with Gasteiger partial charge < -0.3 is 10.0 Å². The number of halogens is 1. The molecule has 1 aromatic carbocycles. The number of nitrogens with zero attached hydrogens (tertiary/aromatic N) is 1. The molecule has 1 unspecified atom stereocenters. The summed E-state index contributed by atoms with van der Waals surface area (Å²) in [6.07, 6.45) is 0.674. The lowest BCUT2D eigenvalue weighted by Gasteiger charge is -2.24. The average molecular weight is 209 g/mol. The Morgan fingerprint density at radius 1 is 1.47 bits per heavy atom. The molecular formula is C12H16FNO. The van der Waals surface area contributed by atoms with Crippen molar-refractivity contribution in [2.45, 2.75) is 18.9 Å². The largest absolute Gasteiger partial charge is 0.384 e. The first-order valence-corrected chi connectivity index (χ1v) is 5.19. The molecule has 0 bridgehead atoms. The van der Waals surface area contributed by atoms with Crippen LogP contribution in [0.4, 0.5) is 4.39 Å². The number of hydrogen-bond acceptors (Lipinski definition) is 2. The monoisotopic (exact) mass is 209 g/mol. The van der Waals surface area contributed by atoms with Crippen LogP contribution in [-0.2, 0) is 5.60 Å². The van der Waals surface area contributed by atoms with Crippen molar-refractivity contribution in [2.24, 2.45) is 0 Å². The van der Waals surface area contributed by atoms with Gasteiger partial charge in [-0.3, -0.25) is 0 Å².